The molecule has 134 valence electrons. The van der Waals surface area contributed by atoms with Gasteiger partial charge < -0.3 is 0 Å². The van der Waals surface area contributed by atoms with Crippen LogP contribution in [-0.4, -0.2) is 0 Å². The molecule has 0 spiro atoms. The van der Waals surface area contributed by atoms with Crippen LogP contribution in [0.25, 0.3) is 0 Å². The molecule has 1 fully saturated rings. The Kier molecular flexibility index (Phi) is 55.0. The van der Waals surface area contributed by atoms with Crippen molar-refractivity contribution in [2.24, 2.45) is 17.8 Å². The van der Waals surface area contributed by atoms with Gasteiger partial charge in [-0.1, -0.05) is 86.0 Å². The minimum absolute atomic E-state index is 0.833. The van der Waals surface area contributed by atoms with Gasteiger partial charge in [-0.3, -0.25) is 0 Å². The first kappa shape index (κ1) is 32.8. The molecule has 0 aliphatic heterocycles. The van der Waals surface area contributed by atoms with E-state index < -0.39 is 0 Å². The molecule has 22 heavy (non-hydrogen) atoms. The zero-order valence-electron chi connectivity index (χ0n) is 17.4. The fraction of sp³-hybridized carbons (Fsp3) is 0.727. The molecule has 0 unspecified atom stereocenters. The van der Waals surface area contributed by atoms with Gasteiger partial charge in [0.05, 0.1) is 0 Å². The molecular formula is C22H46. The molecule has 0 bridgehead atoms. The van der Waals surface area contributed by atoms with Crippen molar-refractivity contribution in [3.05, 3.63) is 24.8 Å². The van der Waals surface area contributed by atoms with Gasteiger partial charge in [0.1, 0.15) is 0 Å². The largest absolute Gasteiger partial charge is 0.124 e. The van der Waals surface area contributed by atoms with Crippen molar-refractivity contribution in [1.82, 2.24) is 0 Å². The van der Waals surface area contributed by atoms with Gasteiger partial charge in [0.25, 0.3) is 0 Å². The van der Waals surface area contributed by atoms with E-state index in [0.717, 1.165) is 17.8 Å². The molecule has 0 amide bonds. The van der Waals surface area contributed by atoms with Gasteiger partial charge in [-0.25, -0.2) is 0 Å². The van der Waals surface area contributed by atoms with Crippen molar-refractivity contribution in [1.29, 1.82) is 0 Å². The van der Waals surface area contributed by atoms with E-state index in [4.69, 9.17) is 0 Å². The van der Waals surface area contributed by atoms with Crippen LogP contribution in [0.15, 0.2) is 24.8 Å². The van der Waals surface area contributed by atoms with Crippen LogP contribution in [0.3, 0.4) is 0 Å². The van der Waals surface area contributed by atoms with Crippen LogP contribution in [0.4, 0.5) is 0 Å². The van der Waals surface area contributed by atoms with Crippen molar-refractivity contribution >= 4 is 0 Å². The molecule has 0 atom stereocenters. The van der Waals surface area contributed by atoms with Gasteiger partial charge in [0.2, 0.25) is 0 Å². The Balaban J connectivity index is -0.0000000536. The van der Waals surface area contributed by atoms with Gasteiger partial charge in [-0.15, -0.1) is 19.4 Å². The van der Waals surface area contributed by atoms with Crippen molar-refractivity contribution in [2.75, 3.05) is 0 Å². The monoisotopic (exact) mass is 310 g/mol. The third kappa shape index (κ3) is 244. The maximum absolute atomic E-state index is 4.00. The van der Waals surface area contributed by atoms with Crippen molar-refractivity contribution in [2.45, 2.75) is 88.5 Å². The Morgan fingerprint density at radius 1 is 0.955 bits per heavy atom. The van der Waals surface area contributed by atoms with Gasteiger partial charge in [0.15, 0.2) is 0 Å². The van der Waals surface area contributed by atoms with Gasteiger partial charge in [0, 0.05) is 0 Å². The summed E-state index contributed by atoms with van der Waals surface area (Å²) in [5.74, 6) is 2.80. The lowest BCUT2D eigenvalue weighted by molar-refractivity contribution is 0.626. The van der Waals surface area contributed by atoms with Crippen molar-refractivity contribution < 1.29 is 0 Å². The molecular weight excluding hydrogens is 264 g/mol. The van der Waals surface area contributed by atoms with E-state index in [2.05, 4.69) is 67.9 Å². The van der Waals surface area contributed by atoms with Crippen LogP contribution in [-0.2, 0) is 0 Å². The third-order valence-corrected chi connectivity index (χ3v) is 2.02. The third-order valence-electron chi connectivity index (χ3n) is 2.02. The fourth-order valence-corrected chi connectivity index (χ4v) is 0.167. The van der Waals surface area contributed by atoms with E-state index >= 15 is 0 Å². The van der Waals surface area contributed by atoms with Crippen molar-refractivity contribution in [3.8, 4) is 12.8 Å². The lowest BCUT2D eigenvalue weighted by Crippen LogP contribution is -1.77. The van der Waals surface area contributed by atoms with E-state index in [1.165, 1.54) is 19.3 Å². The molecule has 1 aliphatic rings. The summed E-state index contributed by atoms with van der Waals surface area (Å²) in [5, 5.41) is 0. The quantitative estimate of drug-likeness (QED) is 0.338. The highest BCUT2D eigenvalue weighted by Crippen LogP contribution is 2.26. The molecule has 0 saturated heterocycles. The number of rotatable bonds is 1. The van der Waals surface area contributed by atoms with Gasteiger partial charge in [-0.2, -0.15) is 0 Å². The minimum atomic E-state index is 0.833. The Morgan fingerprint density at radius 2 is 1.09 bits per heavy atom. The second-order valence-electron chi connectivity index (χ2n) is 6.29. The molecule has 0 heteroatoms. The highest BCUT2D eigenvalue weighted by Gasteiger charge is 2.12. The van der Waals surface area contributed by atoms with Gasteiger partial charge >= 0.3 is 0 Å². The summed E-state index contributed by atoms with van der Waals surface area (Å²) in [4.78, 5) is 0. The molecule has 1 aliphatic carbocycles. The van der Waals surface area contributed by atoms with E-state index in [9.17, 15) is 0 Å². The van der Waals surface area contributed by atoms with E-state index in [1.807, 2.05) is 32.9 Å². The minimum Gasteiger partial charge on any atom is -0.124 e. The Morgan fingerprint density at radius 3 is 1.09 bits per heavy atom. The fourth-order valence-electron chi connectivity index (χ4n) is 0.167. The molecule has 0 heterocycles. The number of hydrogen-bond donors (Lipinski definition) is 0. The second-order valence-corrected chi connectivity index (χ2v) is 6.29. The molecule has 0 aromatic carbocycles. The number of terminal acetylenes is 1. The summed E-state index contributed by atoms with van der Waals surface area (Å²) in [5.41, 5.74) is 0. The first-order chi connectivity index (χ1) is 10.2. The summed E-state index contributed by atoms with van der Waals surface area (Å²) in [6.45, 7) is 24.7. The SMILES string of the molecule is C#C.C/C=C\C.C=CC.CC(C)C.CC1CC1.CCC(C)C. The normalized spacial score (nSPS) is 11.0. The Bertz CT molecular complexity index is 183. The summed E-state index contributed by atoms with van der Waals surface area (Å²) in [6.07, 6.45) is 18.0. The average molecular weight is 311 g/mol. The molecule has 0 N–H and O–H groups in total. The standard InChI is InChI=1S/C5H12.C4H8.C4H10.C4H8.C3H6.C2H2/c1-4-5(2)3;1-4-2-3-4;1-4(2)3;1-3-4-2;1-3-2;1-2/h5H,4H2,1-3H3;4H,2-3H2,1H3;4H,1-3H3;3-4H,1-2H3;3H,1H2,2H3;1-2H/b;;;4-3-;;. The summed E-state index contributed by atoms with van der Waals surface area (Å²) >= 11 is 0. The molecule has 1 saturated carbocycles. The van der Waals surface area contributed by atoms with Crippen LogP contribution in [0.5, 0.6) is 0 Å². The molecule has 0 aromatic heterocycles. The predicted octanol–water partition coefficient (Wildman–Crippen LogP) is 8.16. The van der Waals surface area contributed by atoms with Crippen LogP contribution in [0.1, 0.15) is 88.5 Å². The average Bonchev–Trinajstić information content (AvgIpc) is 3.24. The van der Waals surface area contributed by atoms with Crippen molar-refractivity contribution in [3.63, 3.8) is 0 Å². The Labute approximate surface area is 144 Å². The molecule has 0 radical (unpaired) electrons. The number of hydrogen-bond acceptors (Lipinski definition) is 0. The Hall–Kier alpha value is -0.960. The van der Waals surface area contributed by atoms with E-state index in [0.29, 0.717) is 0 Å². The topological polar surface area (TPSA) is 0 Å². The smallest absolute Gasteiger partial charge is 0.0443 e. The van der Waals surface area contributed by atoms with Gasteiger partial charge in [-0.05, 0) is 38.5 Å². The zero-order chi connectivity index (χ0) is 19.0. The summed E-state index contributed by atoms with van der Waals surface area (Å²) in [7, 11) is 0. The zero-order valence-corrected chi connectivity index (χ0v) is 17.4. The van der Waals surface area contributed by atoms with Crippen LogP contribution in [0.2, 0.25) is 0 Å². The molecule has 0 nitrogen and oxygen atoms in total. The summed E-state index contributed by atoms with van der Waals surface area (Å²) < 4.78 is 0. The predicted molar refractivity (Wildman–Crippen MR) is 110 cm³/mol. The van der Waals surface area contributed by atoms with E-state index in [1.54, 1.807) is 6.08 Å². The summed E-state index contributed by atoms with van der Waals surface area (Å²) in [6, 6.07) is 0. The van der Waals surface area contributed by atoms with E-state index in [-0.39, 0.29) is 0 Å². The number of allylic oxidation sites excluding steroid dienone is 3. The first-order valence-corrected chi connectivity index (χ1v) is 8.70. The van der Waals surface area contributed by atoms with Crippen LogP contribution < -0.4 is 0 Å². The lowest BCUT2D eigenvalue weighted by atomic mass is 10.2. The lowest BCUT2D eigenvalue weighted by Gasteiger charge is -1.90. The highest BCUT2D eigenvalue weighted by molar-refractivity contribution is 4.68. The van der Waals surface area contributed by atoms with Crippen LogP contribution in [0, 0.1) is 30.6 Å². The maximum atomic E-state index is 4.00. The first-order valence-electron chi connectivity index (χ1n) is 8.70. The molecule has 0 aromatic rings. The second kappa shape index (κ2) is 36.9. The highest BCUT2D eigenvalue weighted by atomic mass is 14.2. The molecule has 1 rings (SSSR count). The van der Waals surface area contributed by atoms with Crippen LogP contribution >= 0.6 is 0 Å². The maximum Gasteiger partial charge on any atom is -0.0443 e.